The lowest BCUT2D eigenvalue weighted by atomic mass is 9.94. The molecule has 3 heteroatoms. The summed E-state index contributed by atoms with van der Waals surface area (Å²) in [5.41, 5.74) is 1.76. The molecule has 110 valence electrons. The Kier molecular flexibility index (Phi) is 3.99. The zero-order valence-electron chi connectivity index (χ0n) is 12.1. The van der Waals surface area contributed by atoms with E-state index in [2.05, 4.69) is 11.4 Å². The molecular weight excluding hydrogens is 250 g/mol. The van der Waals surface area contributed by atoms with Crippen LogP contribution in [0, 0.1) is 0 Å². The second-order valence-corrected chi connectivity index (χ2v) is 6.46. The predicted molar refractivity (Wildman–Crippen MR) is 79.8 cm³/mol. The quantitative estimate of drug-likeness (QED) is 0.743. The Labute approximate surface area is 121 Å². The fourth-order valence-electron chi connectivity index (χ4n) is 3.72. The maximum Gasteiger partial charge on any atom is 0.119 e. The third-order valence-corrected chi connectivity index (χ3v) is 4.96. The van der Waals surface area contributed by atoms with Crippen LogP contribution >= 0.6 is 0 Å². The first-order chi connectivity index (χ1) is 9.68. The molecule has 0 heterocycles. The number of fused-ring (bicyclic) bond motifs is 1. The van der Waals surface area contributed by atoms with E-state index in [1.807, 2.05) is 6.07 Å². The third-order valence-electron chi connectivity index (χ3n) is 4.96. The summed E-state index contributed by atoms with van der Waals surface area (Å²) in [5, 5.41) is 24.1. The molecular formula is C17H25NO2. The molecule has 2 aliphatic rings. The second kappa shape index (κ2) is 5.74. The molecule has 3 N–H and O–H groups in total. The van der Waals surface area contributed by atoms with Crippen molar-refractivity contribution in [1.82, 2.24) is 5.32 Å². The van der Waals surface area contributed by atoms with Gasteiger partial charge in [-0.1, -0.05) is 37.8 Å². The highest BCUT2D eigenvalue weighted by Gasteiger charge is 2.31. The largest absolute Gasteiger partial charge is 0.508 e. The molecule has 2 aliphatic carbocycles. The zero-order valence-corrected chi connectivity index (χ0v) is 12.1. The monoisotopic (exact) mass is 275 g/mol. The van der Waals surface area contributed by atoms with Crippen LogP contribution in [-0.2, 0) is 6.42 Å². The molecule has 1 fully saturated rings. The summed E-state index contributed by atoms with van der Waals surface area (Å²) in [5.74, 6) is 0.417. The normalized spacial score (nSPS) is 25.1. The smallest absolute Gasteiger partial charge is 0.119 e. The molecule has 0 saturated heterocycles. The molecule has 20 heavy (non-hydrogen) atoms. The first-order valence-corrected chi connectivity index (χ1v) is 7.94. The third kappa shape index (κ3) is 2.84. The summed E-state index contributed by atoms with van der Waals surface area (Å²) < 4.78 is 0. The lowest BCUT2D eigenvalue weighted by Gasteiger charge is -2.29. The number of hydrogen-bond acceptors (Lipinski definition) is 3. The van der Waals surface area contributed by atoms with E-state index in [0.29, 0.717) is 12.3 Å². The zero-order chi connectivity index (χ0) is 14.0. The van der Waals surface area contributed by atoms with Crippen LogP contribution in [-0.4, -0.2) is 22.4 Å². The highest BCUT2D eigenvalue weighted by atomic mass is 16.3. The van der Waals surface area contributed by atoms with Gasteiger partial charge in [0.2, 0.25) is 0 Å². The van der Waals surface area contributed by atoms with E-state index in [0.717, 1.165) is 44.1 Å². The number of hydrogen-bond donors (Lipinski definition) is 3. The highest BCUT2D eigenvalue weighted by Crippen LogP contribution is 2.37. The summed E-state index contributed by atoms with van der Waals surface area (Å²) in [6.45, 7) is 0.673. The van der Waals surface area contributed by atoms with Gasteiger partial charge >= 0.3 is 0 Å². The molecule has 0 aromatic heterocycles. The molecule has 3 rings (SSSR count). The van der Waals surface area contributed by atoms with E-state index in [4.69, 9.17) is 0 Å². The van der Waals surface area contributed by atoms with Crippen molar-refractivity contribution >= 4 is 0 Å². The van der Waals surface area contributed by atoms with Crippen LogP contribution in [0.2, 0.25) is 0 Å². The summed E-state index contributed by atoms with van der Waals surface area (Å²) in [7, 11) is 0. The van der Waals surface area contributed by atoms with Gasteiger partial charge < -0.3 is 15.5 Å². The average Bonchev–Trinajstić information content (AvgIpc) is 2.73. The van der Waals surface area contributed by atoms with E-state index in [9.17, 15) is 10.2 Å². The van der Waals surface area contributed by atoms with Gasteiger partial charge in [0.25, 0.3) is 0 Å². The number of aromatic hydroxyl groups is 1. The van der Waals surface area contributed by atoms with Gasteiger partial charge in [-0.15, -0.1) is 0 Å². The van der Waals surface area contributed by atoms with Crippen molar-refractivity contribution < 1.29 is 10.2 Å². The molecule has 1 aromatic rings. The van der Waals surface area contributed by atoms with E-state index < -0.39 is 5.60 Å². The Balaban J connectivity index is 1.64. The standard InChI is InChI=1S/C17H25NO2/c19-16-7-5-6-13-14(16)8-9-15(13)18-12-17(20)10-3-1-2-4-11-17/h5-7,15,18-20H,1-4,8-12H2. The number of benzene rings is 1. The van der Waals surface area contributed by atoms with Gasteiger partial charge in [0, 0.05) is 12.6 Å². The minimum atomic E-state index is -0.532. The topological polar surface area (TPSA) is 52.5 Å². The van der Waals surface area contributed by atoms with Crippen molar-refractivity contribution in [2.75, 3.05) is 6.54 Å². The highest BCUT2D eigenvalue weighted by molar-refractivity contribution is 5.44. The van der Waals surface area contributed by atoms with Crippen molar-refractivity contribution in [1.29, 1.82) is 0 Å². The Bertz CT molecular complexity index is 464. The number of nitrogens with one attached hydrogen (secondary N) is 1. The Morgan fingerprint density at radius 3 is 2.65 bits per heavy atom. The molecule has 1 atom stereocenters. The first-order valence-electron chi connectivity index (χ1n) is 7.94. The van der Waals surface area contributed by atoms with Crippen LogP contribution in [0.1, 0.15) is 62.1 Å². The number of rotatable bonds is 3. The second-order valence-electron chi connectivity index (χ2n) is 6.46. The van der Waals surface area contributed by atoms with Crippen LogP contribution in [0.5, 0.6) is 5.75 Å². The first kappa shape index (κ1) is 13.9. The van der Waals surface area contributed by atoms with Crippen LogP contribution < -0.4 is 5.32 Å². The minimum absolute atomic E-state index is 0.282. The Morgan fingerprint density at radius 1 is 1.15 bits per heavy atom. The number of phenols is 1. The maximum absolute atomic E-state index is 10.7. The molecule has 3 nitrogen and oxygen atoms in total. The van der Waals surface area contributed by atoms with Crippen LogP contribution in [0.25, 0.3) is 0 Å². The molecule has 0 amide bonds. The van der Waals surface area contributed by atoms with Crippen molar-refractivity contribution in [3.05, 3.63) is 29.3 Å². The van der Waals surface area contributed by atoms with E-state index in [1.165, 1.54) is 18.4 Å². The van der Waals surface area contributed by atoms with Crippen molar-refractivity contribution in [3.63, 3.8) is 0 Å². The lowest BCUT2D eigenvalue weighted by molar-refractivity contribution is 0.0227. The van der Waals surface area contributed by atoms with Crippen molar-refractivity contribution in [3.8, 4) is 5.75 Å². The average molecular weight is 275 g/mol. The van der Waals surface area contributed by atoms with E-state index in [-0.39, 0.29) is 6.04 Å². The van der Waals surface area contributed by atoms with Crippen molar-refractivity contribution in [2.24, 2.45) is 0 Å². The predicted octanol–water partition coefficient (Wildman–Crippen LogP) is 3.05. The number of aliphatic hydroxyl groups is 1. The minimum Gasteiger partial charge on any atom is -0.508 e. The van der Waals surface area contributed by atoms with Gasteiger partial charge in [0.15, 0.2) is 0 Å². The fraction of sp³-hybridized carbons (Fsp3) is 0.647. The molecule has 0 radical (unpaired) electrons. The van der Waals surface area contributed by atoms with Crippen LogP contribution in [0.4, 0.5) is 0 Å². The molecule has 0 bridgehead atoms. The Hall–Kier alpha value is -1.06. The van der Waals surface area contributed by atoms with Gasteiger partial charge in [-0.05, 0) is 42.9 Å². The molecule has 1 aromatic carbocycles. The summed E-state index contributed by atoms with van der Waals surface area (Å²) in [6.07, 6.45) is 8.56. The SMILES string of the molecule is Oc1cccc2c1CCC2NCC1(O)CCCCCC1. The van der Waals surface area contributed by atoms with Gasteiger partial charge in [-0.25, -0.2) is 0 Å². The molecule has 0 aliphatic heterocycles. The van der Waals surface area contributed by atoms with Crippen molar-refractivity contribution in [2.45, 2.75) is 63.0 Å². The summed E-state index contributed by atoms with van der Waals surface area (Å²) >= 11 is 0. The van der Waals surface area contributed by atoms with E-state index in [1.54, 1.807) is 6.07 Å². The molecule has 0 spiro atoms. The number of phenolic OH excluding ortho intramolecular Hbond substituents is 1. The van der Waals surface area contributed by atoms with Gasteiger partial charge in [-0.2, -0.15) is 0 Å². The van der Waals surface area contributed by atoms with Gasteiger partial charge in [0.05, 0.1) is 5.60 Å². The summed E-state index contributed by atoms with van der Waals surface area (Å²) in [6, 6.07) is 6.05. The van der Waals surface area contributed by atoms with Gasteiger partial charge in [-0.3, -0.25) is 0 Å². The Morgan fingerprint density at radius 2 is 1.90 bits per heavy atom. The lowest BCUT2D eigenvalue weighted by Crippen LogP contribution is -2.41. The van der Waals surface area contributed by atoms with Crippen LogP contribution in [0.3, 0.4) is 0 Å². The van der Waals surface area contributed by atoms with Crippen LogP contribution in [0.15, 0.2) is 18.2 Å². The summed E-state index contributed by atoms with van der Waals surface area (Å²) in [4.78, 5) is 0. The molecule has 1 saturated carbocycles. The van der Waals surface area contributed by atoms with Gasteiger partial charge in [0.1, 0.15) is 5.75 Å². The maximum atomic E-state index is 10.7. The van der Waals surface area contributed by atoms with E-state index >= 15 is 0 Å². The molecule has 1 unspecified atom stereocenters. The fourth-order valence-corrected chi connectivity index (χ4v) is 3.72.